The van der Waals surface area contributed by atoms with E-state index in [1.807, 2.05) is 0 Å². The van der Waals surface area contributed by atoms with E-state index >= 15 is 0 Å². The molecule has 0 bridgehead atoms. The molecule has 0 spiro atoms. The van der Waals surface area contributed by atoms with Gasteiger partial charge in [0.15, 0.2) is 5.65 Å². The number of aromatic carboxylic acids is 1. The SMILES string of the molecule is CC(C)(C)C(=O)Nc1nc2ncc(C#Cc3ccc(C(=O)O)cc3)cc2c(=O)[nH]1. The Morgan fingerprint density at radius 3 is 2.38 bits per heavy atom. The van der Waals surface area contributed by atoms with E-state index in [2.05, 4.69) is 32.1 Å². The number of nitrogens with one attached hydrogen (secondary N) is 2. The van der Waals surface area contributed by atoms with Crippen molar-refractivity contribution in [1.29, 1.82) is 0 Å². The molecular formula is C21H18N4O4. The lowest BCUT2D eigenvalue weighted by atomic mass is 9.96. The molecule has 0 aliphatic heterocycles. The van der Waals surface area contributed by atoms with Gasteiger partial charge in [-0.2, -0.15) is 4.98 Å². The van der Waals surface area contributed by atoms with Crippen LogP contribution in [0.25, 0.3) is 11.0 Å². The molecule has 0 aliphatic rings. The number of carbonyl (C=O) groups is 2. The van der Waals surface area contributed by atoms with Crippen LogP contribution in [0.3, 0.4) is 0 Å². The summed E-state index contributed by atoms with van der Waals surface area (Å²) in [6.45, 7) is 5.25. The number of carboxylic acids is 1. The van der Waals surface area contributed by atoms with Gasteiger partial charge in [-0.15, -0.1) is 0 Å². The Labute approximate surface area is 166 Å². The number of hydrogen-bond acceptors (Lipinski definition) is 5. The second-order valence-corrected chi connectivity index (χ2v) is 7.35. The van der Waals surface area contributed by atoms with Crippen molar-refractivity contribution in [3.8, 4) is 11.8 Å². The number of rotatable bonds is 2. The Kier molecular flexibility index (Phi) is 5.15. The van der Waals surface area contributed by atoms with Crippen LogP contribution in [0.4, 0.5) is 5.95 Å². The van der Waals surface area contributed by atoms with E-state index in [1.54, 1.807) is 39.0 Å². The van der Waals surface area contributed by atoms with E-state index in [4.69, 9.17) is 5.11 Å². The molecule has 0 fully saturated rings. The molecule has 0 unspecified atom stereocenters. The van der Waals surface area contributed by atoms with Crippen molar-refractivity contribution in [2.24, 2.45) is 5.41 Å². The summed E-state index contributed by atoms with van der Waals surface area (Å²) in [6, 6.07) is 7.69. The average molecular weight is 390 g/mol. The Morgan fingerprint density at radius 2 is 1.76 bits per heavy atom. The van der Waals surface area contributed by atoms with Gasteiger partial charge in [0.1, 0.15) is 0 Å². The Hall–Kier alpha value is -3.99. The van der Waals surface area contributed by atoms with Crippen molar-refractivity contribution in [1.82, 2.24) is 15.0 Å². The second kappa shape index (κ2) is 7.56. The van der Waals surface area contributed by atoms with Gasteiger partial charge in [-0.3, -0.25) is 19.9 Å². The largest absolute Gasteiger partial charge is 0.478 e. The minimum Gasteiger partial charge on any atom is -0.478 e. The van der Waals surface area contributed by atoms with Crippen molar-refractivity contribution >= 4 is 28.9 Å². The molecule has 8 nitrogen and oxygen atoms in total. The smallest absolute Gasteiger partial charge is 0.335 e. The van der Waals surface area contributed by atoms with Crippen LogP contribution in [0, 0.1) is 17.3 Å². The molecule has 0 saturated heterocycles. The van der Waals surface area contributed by atoms with E-state index in [0.29, 0.717) is 11.1 Å². The molecule has 146 valence electrons. The van der Waals surface area contributed by atoms with E-state index in [1.165, 1.54) is 18.3 Å². The predicted octanol–water partition coefficient (Wildman–Crippen LogP) is 2.40. The molecule has 2 heterocycles. The zero-order valence-electron chi connectivity index (χ0n) is 16.0. The first-order valence-corrected chi connectivity index (χ1v) is 8.70. The summed E-state index contributed by atoms with van der Waals surface area (Å²) < 4.78 is 0. The number of nitrogens with zero attached hydrogens (tertiary/aromatic N) is 2. The molecule has 0 atom stereocenters. The number of hydrogen-bond donors (Lipinski definition) is 3. The van der Waals surface area contributed by atoms with Crippen LogP contribution >= 0.6 is 0 Å². The fraction of sp³-hybridized carbons (Fsp3) is 0.190. The zero-order valence-corrected chi connectivity index (χ0v) is 16.0. The minimum atomic E-state index is -1.01. The quantitative estimate of drug-likeness (QED) is 0.577. The number of carbonyl (C=O) groups excluding carboxylic acids is 1. The van der Waals surface area contributed by atoms with E-state index < -0.39 is 16.9 Å². The van der Waals surface area contributed by atoms with Gasteiger partial charge in [0.2, 0.25) is 11.9 Å². The molecule has 1 aromatic carbocycles. The Balaban J connectivity index is 1.88. The number of pyridine rings is 1. The number of H-pyrrole nitrogens is 1. The maximum atomic E-state index is 12.4. The summed E-state index contributed by atoms with van der Waals surface area (Å²) in [4.78, 5) is 46.2. The van der Waals surface area contributed by atoms with Gasteiger partial charge in [0.25, 0.3) is 5.56 Å². The first kappa shape index (κ1) is 19.8. The van der Waals surface area contributed by atoms with Gasteiger partial charge in [0.05, 0.1) is 10.9 Å². The third-order valence-electron chi connectivity index (χ3n) is 3.96. The number of aromatic amines is 1. The topological polar surface area (TPSA) is 125 Å². The fourth-order valence-electron chi connectivity index (χ4n) is 2.29. The van der Waals surface area contributed by atoms with Crippen LogP contribution in [0.5, 0.6) is 0 Å². The molecule has 0 saturated carbocycles. The summed E-state index contributed by atoms with van der Waals surface area (Å²) in [5.41, 5.74) is 0.412. The molecule has 3 N–H and O–H groups in total. The van der Waals surface area contributed by atoms with Gasteiger partial charge >= 0.3 is 5.97 Å². The molecule has 3 aromatic rings. The highest BCUT2D eigenvalue weighted by Gasteiger charge is 2.22. The summed E-state index contributed by atoms with van der Waals surface area (Å²) in [5.74, 6) is 4.53. The Morgan fingerprint density at radius 1 is 1.10 bits per heavy atom. The molecule has 8 heteroatoms. The van der Waals surface area contributed by atoms with Crippen molar-refractivity contribution in [2.75, 3.05) is 5.32 Å². The highest BCUT2D eigenvalue weighted by Crippen LogP contribution is 2.16. The second-order valence-electron chi connectivity index (χ2n) is 7.35. The number of benzene rings is 1. The number of carboxylic acid groups (broad SMARTS) is 1. The summed E-state index contributed by atoms with van der Waals surface area (Å²) in [7, 11) is 0. The predicted molar refractivity (Wildman–Crippen MR) is 108 cm³/mol. The molecule has 3 rings (SSSR count). The van der Waals surface area contributed by atoms with Crippen LogP contribution < -0.4 is 10.9 Å². The van der Waals surface area contributed by atoms with Gasteiger partial charge in [-0.1, -0.05) is 32.6 Å². The monoisotopic (exact) mass is 390 g/mol. The van der Waals surface area contributed by atoms with Gasteiger partial charge in [-0.05, 0) is 30.3 Å². The first-order valence-electron chi connectivity index (χ1n) is 8.70. The minimum absolute atomic E-state index is 0.0345. The maximum absolute atomic E-state index is 12.4. The molecule has 2 aromatic heterocycles. The number of fused-ring (bicyclic) bond motifs is 1. The lowest BCUT2D eigenvalue weighted by Crippen LogP contribution is -2.29. The third kappa shape index (κ3) is 4.65. The number of aromatic nitrogens is 3. The number of anilines is 1. The average Bonchev–Trinajstić information content (AvgIpc) is 2.66. The van der Waals surface area contributed by atoms with Gasteiger partial charge < -0.3 is 5.11 Å². The van der Waals surface area contributed by atoms with Crippen molar-refractivity contribution in [3.05, 3.63) is 63.6 Å². The van der Waals surface area contributed by atoms with Crippen LogP contribution in [0.1, 0.15) is 42.3 Å². The molecule has 1 amide bonds. The molecule has 0 aliphatic carbocycles. The van der Waals surface area contributed by atoms with Gasteiger partial charge in [-0.25, -0.2) is 9.78 Å². The van der Waals surface area contributed by atoms with E-state index in [0.717, 1.165) is 0 Å². The molecule has 0 radical (unpaired) electrons. The lowest BCUT2D eigenvalue weighted by molar-refractivity contribution is -0.123. The molecule has 29 heavy (non-hydrogen) atoms. The summed E-state index contributed by atoms with van der Waals surface area (Å²) >= 11 is 0. The summed E-state index contributed by atoms with van der Waals surface area (Å²) in [6.07, 6.45) is 1.47. The van der Waals surface area contributed by atoms with E-state index in [9.17, 15) is 14.4 Å². The van der Waals surface area contributed by atoms with Crippen LogP contribution in [-0.2, 0) is 4.79 Å². The Bertz CT molecular complexity index is 1230. The maximum Gasteiger partial charge on any atom is 0.335 e. The highest BCUT2D eigenvalue weighted by molar-refractivity contribution is 5.93. The van der Waals surface area contributed by atoms with Crippen molar-refractivity contribution in [3.63, 3.8) is 0 Å². The molecular weight excluding hydrogens is 372 g/mol. The first-order chi connectivity index (χ1) is 13.6. The fourth-order valence-corrected chi connectivity index (χ4v) is 2.29. The normalized spacial score (nSPS) is 10.9. The summed E-state index contributed by atoms with van der Waals surface area (Å²) in [5, 5.41) is 11.7. The zero-order chi connectivity index (χ0) is 21.2. The van der Waals surface area contributed by atoms with E-state index in [-0.39, 0.29) is 28.5 Å². The highest BCUT2D eigenvalue weighted by atomic mass is 16.4. The van der Waals surface area contributed by atoms with Crippen LogP contribution in [0.15, 0.2) is 41.3 Å². The number of amides is 1. The third-order valence-corrected chi connectivity index (χ3v) is 3.96. The standard InChI is InChI=1S/C21H18N4O4/c1-21(2,3)19(29)25-20-23-16-15(17(26)24-20)10-13(11-22-16)5-4-12-6-8-14(9-7-12)18(27)28/h6-11H,1-3H3,(H,27,28)(H2,22,23,24,25,26,29). The van der Waals surface area contributed by atoms with Gasteiger partial charge in [0, 0.05) is 22.7 Å². The van der Waals surface area contributed by atoms with Crippen LogP contribution in [-0.4, -0.2) is 31.9 Å². The van der Waals surface area contributed by atoms with Crippen molar-refractivity contribution in [2.45, 2.75) is 20.8 Å². The lowest BCUT2D eigenvalue weighted by Gasteiger charge is -2.16. The van der Waals surface area contributed by atoms with Crippen LogP contribution in [0.2, 0.25) is 0 Å². The van der Waals surface area contributed by atoms with Crippen molar-refractivity contribution < 1.29 is 14.7 Å².